The van der Waals surface area contributed by atoms with Gasteiger partial charge in [-0.25, -0.2) is 4.39 Å². The van der Waals surface area contributed by atoms with Crippen LogP contribution < -0.4 is 11.1 Å². The molecule has 0 saturated carbocycles. The van der Waals surface area contributed by atoms with Crippen molar-refractivity contribution < 1.29 is 4.39 Å². The molecule has 3 nitrogen and oxygen atoms in total. The first-order chi connectivity index (χ1) is 7.90. The minimum Gasteiger partial charge on any atom is -0.370 e. The van der Waals surface area contributed by atoms with E-state index in [4.69, 9.17) is 28.9 Å². The Hall–Kier alpha value is -1.00. The highest BCUT2D eigenvalue weighted by Crippen LogP contribution is 2.31. The van der Waals surface area contributed by atoms with Crippen LogP contribution >= 0.6 is 23.2 Å². The van der Waals surface area contributed by atoms with Crippen molar-refractivity contribution in [2.75, 3.05) is 11.9 Å². The first-order valence-corrected chi connectivity index (χ1v) is 5.87. The molecule has 0 fully saturated rings. The standard InChI is InChI=1S/C11H14Cl2FN3/c1-6(2)5-16-11(15)17-10-8(12)3-7(14)4-9(10)13/h3-4,6H,5H2,1-2H3,(H3,15,16,17). The van der Waals surface area contributed by atoms with Gasteiger partial charge < -0.3 is 11.1 Å². The van der Waals surface area contributed by atoms with Crippen LogP contribution in [0.15, 0.2) is 17.1 Å². The molecule has 1 aromatic rings. The molecule has 0 heterocycles. The van der Waals surface area contributed by atoms with E-state index in [-0.39, 0.29) is 16.0 Å². The van der Waals surface area contributed by atoms with Crippen LogP contribution in [0.3, 0.4) is 0 Å². The molecule has 94 valence electrons. The van der Waals surface area contributed by atoms with E-state index in [0.29, 0.717) is 18.2 Å². The molecule has 0 atom stereocenters. The van der Waals surface area contributed by atoms with Crippen LogP contribution in [0.4, 0.5) is 10.1 Å². The second-order valence-electron chi connectivity index (χ2n) is 3.99. The van der Waals surface area contributed by atoms with Crippen LogP contribution in [-0.2, 0) is 0 Å². The van der Waals surface area contributed by atoms with Crippen molar-refractivity contribution in [2.45, 2.75) is 13.8 Å². The molecule has 3 N–H and O–H groups in total. The summed E-state index contributed by atoms with van der Waals surface area (Å²) in [7, 11) is 0. The molecule has 0 aliphatic carbocycles. The van der Waals surface area contributed by atoms with Gasteiger partial charge in [0.15, 0.2) is 5.96 Å². The third kappa shape index (κ3) is 4.40. The van der Waals surface area contributed by atoms with E-state index < -0.39 is 5.82 Å². The van der Waals surface area contributed by atoms with Gasteiger partial charge in [-0.3, -0.25) is 4.99 Å². The summed E-state index contributed by atoms with van der Waals surface area (Å²) in [6, 6.07) is 2.32. The number of nitrogens with two attached hydrogens (primary N) is 1. The molecule has 0 saturated heterocycles. The molecule has 1 rings (SSSR count). The predicted molar refractivity (Wildman–Crippen MR) is 71.4 cm³/mol. The maximum absolute atomic E-state index is 12.9. The second-order valence-corrected chi connectivity index (χ2v) is 4.80. The topological polar surface area (TPSA) is 50.4 Å². The van der Waals surface area contributed by atoms with Crippen molar-refractivity contribution in [1.82, 2.24) is 0 Å². The number of nitrogens with one attached hydrogen (secondary N) is 1. The highest BCUT2D eigenvalue weighted by Gasteiger charge is 2.09. The van der Waals surface area contributed by atoms with E-state index >= 15 is 0 Å². The molecular weight excluding hydrogens is 264 g/mol. The van der Waals surface area contributed by atoms with Crippen molar-refractivity contribution in [2.24, 2.45) is 16.6 Å². The average molecular weight is 278 g/mol. The number of benzene rings is 1. The number of anilines is 1. The molecule has 0 bridgehead atoms. The maximum Gasteiger partial charge on any atom is 0.193 e. The molecule has 0 aliphatic heterocycles. The molecule has 0 aromatic heterocycles. The molecular formula is C11H14Cl2FN3. The van der Waals surface area contributed by atoms with E-state index in [9.17, 15) is 4.39 Å². The number of hydrogen-bond acceptors (Lipinski definition) is 1. The van der Waals surface area contributed by atoms with Gasteiger partial charge in [0.25, 0.3) is 0 Å². The fraction of sp³-hybridized carbons (Fsp3) is 0.364. The zero-order chi connectivity index (χ0) is 13.0. The summed E-state index contributed by atoms with van der Waals surface area (Å²) in [5.41, 5.74) is 6.02. The Morgan fingerprint density at radius 3 is 2.41 bits per heavy atom. The zero-order valence-corrected chi connectivity index (χ0v) is 11.1. The van der Waals surface area contributed by atoms with Crippen molar-refractivity contribution >= 4 is 34.8 Å². The lowest BCUT2D eigenvalue weighted by atomic mass is 10.2. The average Bonchev–Trinajstić information content (AvgIpc) is 2.20. The lowest BCUT2D eigenvalue weighted by molar-refractivity contribution is 0.628. The Bertz CT molecular complexity index is 410. The summed E-state index contributed by atoms with van der Waals surface area (Å²) in [5, 5.41) is 3.09. The zero-order valence-electron chi connectivity index (χ0n) is 9.60. The highest BCUT2D eigenvalue weighted by molar-refractivity contribution is 6.39. The van der Waals surface area contributed by atoms with Gasteiger partial charge in [-0.05, 0) is 18.1 Å². The molecule has 0 amide bonds. The molecule has 0 radical (unpaired) electrons. The molecule has 6 heteroatoms. The Morgan fingerprint density at radius 1 is 1.41 bits per heavy atom. The largest absolute Gasteiger partial charge is 0.370 e. The van der Waals surface area contributed by atoms with E-state index in [1.807, 2.05) is 13.8 Å². The van der Waals surface area contributed by atoms with Gasteiger partial charge in [0.1, 0.15) is 5.82 Å². The monoisotopic (exact) mass is 277 g/mol. The van der Waals surface area contributed by atoms with Gasteiger partial charge in [-0.1, -0.05) is 37.0 Å². The number of rotatable bonds is 3. The molecule has 17 heavy (non-hydrogen) atoms. The summed E-state index contributed by atoms with van der Waals surface area (Å²) in [6.07, 6.45) is 0. The van der Waals surface area contributed by atoms with Gasteiger partial charge in [0.05, 0.1) is 15.7 Å². The number of hydrogen-bond donors (Lipinski definition) is 2. The normalized spacial score (nSPS) is 12.0. The van der Waals surface area contributed by atoms with Crippen molar-refractivity contribution in [3.05, 3.63) is 28.0 Å². The van der Waals surface area contributed by atoms with Gasteiger partial charge in [0.2, 0.25) is 0 Å². The van der Waals surface area contributed by atoms with Crippen LogP contribution in [0.25, 0.3) is 0 Å². The second kappa shape index (κ2) is 6.07. The summed E-state index contributed by atoms with van der Waals surface area (Å²) >= 11 is 11.7. The molecule has 0 unspecified atom stereocenters. The van der Waals surface area contributed by atoms with Crippen LogP contribution in [0.5, 0.6) is 0 Å². The summed E-state index contributed by atoms with van der Waals surface area (Å²) in [5.74, 6) is 0.104. The first kappa shape index (κ1) is 14.1. The minimum atomic E-state index is -0.497. The van der Waals surface area contributed by atoms with Crippen LogP contribution in [0.1, 0.15) is 13.8 Å². The van der Waals surface area contributed by atoms with Gasteiger partial charge >= 0.3 is 0 Å². The van der Waals surface area contributed by atoms with E-state index in [1.165, 1.54) is 0 Å². The van der Waals surface area contributed by atoms with Crippen molar-refractivity contribution in [1.29, 1.82) is 0 Å². The van der Waals surface area contributed by atoms with Crippen LogP contribution in [0.2, 0.25) is 10.0 Å². The van der Waals surface area contributed by atoms with Crippen LogP contribution in [0, 0.1) is 11.7 Å². The third-order valence-corrected chi connectivity index (χ3v) is 2.48. The van der Waals surface area contributed by atoms with Crippen molar-refractivity contribution in [3.8, 4) is 0 Å². The van der Waals surface area contributed by atoms with E-state index in [1.54, 1.807) is 0 Å². The summed E-state index contributed by atoms with van der Waals surface area (Å²) in [4.78, 5) is 4.10. The molecule has 0 spiro atoms. The molecule has 0 aliphatic rings. The molecule has 1 aromatic carbocycles. The number of guanidine groups is 1. The number of nitrogens with zero attached hydrogens (tertiary/aromatic N) is 1. The lowest BCUT2D eigenvalue weighted by Gasteiger charge is -2.10. The highest BCUT2D eigenvalue weighted by atomic mass is 35.5. The summed E-state index contributed by atoms with van der Waals surface area (Å²) < 4.78 is 12.9. The fourth-order valence-electron chi connectivity index (χ4n) is 1.11. The SMILES string of the molecule is CC(C)CN=C(N)Nc1c(Cl)cc(F)cc1Cl. The van der Waals surface area contributed by atoms with Crippen LogP contribution in [-0.4, -0.2) is 12.5 Å². The summed E-state index contributed by atoms with van der Waals surface area (Å²) in [6.45, 7) is 4.64. The lowest BCUT2D eigenvalue weighted by Crippen LogP contribution is -2.23. The van der Waals surface area contributed by atoms with Gasteiger partial charge in [-0.2, -0.15) is 0 Å². The minimum absolute atomic E-state index is 0.165. The quantitative estimate of drug-likeness (QED) is 0.656. The number of aliphatic imine (C=N–C) groups is 1. The van der Waals surface area contributed by atoms with Gasteiger partial charge in [0, 0.05) is 6.54 Å². The Kier molecular flexibility index (Phi) is 5.02. The Morgan fingerprint density at radius 2 is 1.94 bits per heavy atom. The Labute approximate surface area is 110 Å². The Balaban J connectivity index is 2.85. The van der Waals surface area contributed by atoms with Gasteiger partial charge in [-0.15, -0.1) is 0 Å². The van der Waals surface area contributed by atoms with E-state index in [2.05, 4.69) is 10.3 Å². The van der Waals surface area contributed by atoms with E-state index in [0.717, 1.165) is 12.1 Å². The smallest absolute Gasteiger partial charge is 0.193 e. The van der Waals surface area contributed by atoms with Crippen molar-refractivity contribution in [3.63, 3.8) is 0 Å². The fourth-order valence-corrected chi connectivity index (χ4v) is 1.67. The number of halogens is 3. The predicted octanol–water partition coefficient (Wildman–Crippen LogP) is 3.52. The maximum atomic E-state index is 12.9. The first-order valence-electron chi connectivity index (χ1n) is 5.11. The third-order valence-electron chi connectivity index (χ3n) is 1.89.